The van der Waals surface area contributed by atoms with Crippen molar-refractivity contribution in [2.24, 2.45) is 47.3 Å². The van der Waals surface area contributed by atoms with E-state index in [0.29, 0.717) is 0 Å². The molecule has 8 nitrogen and oxygen atoms in total. The molecule has 4 aliphatic carbocycles. The van der Waals surface area contributed by atoms with Gasteiger partial charge in [0.05, 0.1) is 50.0 Å². The number of fused-ring (bicyclic) bond motifs is 1. The lowest BCUT2D eigenvalue weighted by Gasteiger charge is -2.60. The first-order chi connectivity index (χ1) is 12.5. The van der Waals surface area contributed by atoms with Crippen LogP contribution < -0.4 is 0 Å². The third kappa shape index (κ3) is 1.63. The van der Waals surface area contributed by atoms with Gasteiger partial charge in [0.15, 0.2) is 0 Å². The molecule has 4 amide bonds. The highest BCUT2D eigenvalue weighted by Gasteiger charge is 2.74. The molecule has 0 radical (unpaired) electrons. The summed E-state index contributed by atoms with van der Waals surface area (Å²) in [4.78, 5) is 53.2. The van der Waals surface area contributed by atoms with Crippen LogP contribution in [-0.4, -0.2) is 69.9 Å². The van der Waals surface area contributed by atoms with Crippen LogP contribution in [0.4, 0.5) is 0 Å². The van der Waals surface area contributed by atoms with Gasteiger partial charge in [-0.2, -0.15) is 0 Å². The molecule has 6 rings (SSSR count). The molecular formula is C18H20N2O6. The molecule has 0 spiro atoms. The van der Waals surface area contributed by atoms with E-state index in [2.05, 4.69) is 0 Å². The lowest BCUT2D eigenvalue weighted by Crippen LogP contribution is -2.63. The van der Waals surface area contributed by atoms with Crippen LogP contribution in [0, 0.1) is 47.3 Å². The summed E-state index contributed by atoms with van der Waals surface area (Å²) in [6, 6.07) is 0. The summed E-state index contributed by atoms with van der Waals surface area (Å²) in [5, 5.41) is 18.3. The zero-order valence-electron chi connectivity index (χ0n) is 14.0. The Morgan fingerprint density at radius 3 is 1.35 bits per heavy atom. The summed E-state index contributed by atoms with van der Waals surface area (Å²) >= 11 is 0. The van der Waals surface area contributed by atoms with Crippen LogP contribution in [0.2, 0.25) is 0 Å². The van der Waals surface area contributed by atoms with Gasteiger partial charge in [-0.05, 0) is 23.7 Å². The normalized spacial score (nSPS) is 45.2. The first kappa shape index (κ1) is 16.1. The fourth-order valence-electron chi connectivity index (χ4n) is 6.37. The molecule has 2 N–H and O–H groups in total. The lowest BCUT2D eigenvalue weighted by atomic mass is 9.40. The molecule has 2 saturated heterocycles. The molecule has 8 atom stereocenters. The van der Waals surface area contributed by atoms with Crippen LogP contribution in [0.3, 0.4) is 0 Å². The largest absolute Gasteiger partial charge is 0.395 e. The van der Waals surface area contributed by atoms with Crippen LogP contribution in [0.1, 0.15) is 0 Å². The molecule has 8 heteroatoms. The predicted octanol–water partition coefficient (Wildman–Crippen LogP) is -1.76. The summed E-state index contributed by atoms with van der Waals surface area (Å²) < 4.78 is 0. The van der Waals surface area contributed by atoms with Crippen molar-refractivity contribution < 1.29 is 29.4 Å². The molecule has 2 saturated carbocycles. The summed E-state index contributed by atoms with van der Waals surface area (Å²) in [6.45, 7) is -0.545. The van der Waals surface area contributed by atoms with E-state index in [4.69, 9.17) is 10.2 Å². The van der Waals surface area contributed by atoms with Gasteiger partial charge in [-0.25, -0.2) is 0 Å². The number of hydrogen-bond acceptors (Lipinski definition) is 6. The number of nitrogens with zero attached hydrogens (tertiary/aromatic N) is 2. The topological polar surface area (TPSA) is 115 Å². The van der Waals surface area contributed by atoms with Crippen LogP contribution in [0.5, 0.6) is 0 Å². The Labute approximate surface area is 149 Å². The maximum atomic E-state index is 12.8. The highest BCUT2D eigenvalue weighted by atomic mass is 16.3. The van der Waals surface area contributed by atoms with Crippen LogP contribution in [0.25, 0.3) is 0 Å². The number of carbonyl (C=O) groups excluding carboxylic acids is 4. The molecule has 0 aromatic heterocycles. The summed E-state index contributed by atoms with van der Waals surface area (Å²) in [5.74, 6) is -3.51. The van der Waals surface area contributed by atoms with E-state index in [1.807, 2.05) is 12.2 Å². The van der Waals surface area contributed by atoms with Crippen LogP contribution in [0.15, 0.2) is 12.2 Å². The molecule has 8 unspecified atom stereocenters. The third-order valence-electron chi connectivity index (χ3n) is 7.17. The second kappa shape index (κ2) is 5.23. The maximum Gasteiger partial charge on any atom is 0.233 e. The maximum absolute atomic E-state index is 12.8. The average Bonchev–Trinajstić information content (AvgIpc) is 2.97. The zero-order chi connectivity index (χ0) is 18.3. The van der Waals surface area contributed by atoms with Gasteiger partial charge in [0.25, 0.3) is 0 Å². The van der Waals surface area contributed by atoms with E-state index < -0.39 is 23.7 Å². The Hall–Kier alpha value is -2.06. The van der Waals surface area contributed by atoms with Gasteiger partial charge in [0.2, 0.25) is 23.6 Å². The molecule has 2 bridgehead atoms. The van der Waals surface area contributed by atoms with Crippen molar-refractivity contribution >= 4 is 23.6 Å². The zero-order valence-corrected chi connectivity index (χ0v) is 14.0. The number of likely N-dealkylation sites (tertiary alicyclic amines) is 2. The minimum Gasteiger partial charge on any atom is -0.395 e. The van der Waals surface area contributed by atoms with Crippen molar-refractivity contribution in [3.05, 3.63) is 12.2 Å². The molecule has 2 aliphatic heterocycles. The summed E-state index contributed by atoms with van der Waals surface area (Å²) in [6.07, 6.45) is 3.90. The molecule has 6 aliphatic rings. The molecule has 4 fully saturated rings. The minimum atomic E-state index is -0.485. The monoisotopic (exact) mass is 360 g/mol. The van der Waals surface area contributed by atoms with E-state index in [1.54, 1.807) is 0 Å². The quantitative estimate of drug-likeness (QED) is 0.453. The number of carbonyl (C=O) groups is 4. The number of allylic oxidation sites excluding steroid dienone is 2. The standard InChI is InChI=1S/C18H20N2O6/c21-5-3-19-15(23)11-7-1-2-8(12(11)16(19)24)10-9(7)13-14(10)18(26)20(4-6-22)17(13)25/h1-2,7-14,21-22H,3-6H2. The number of hydrogen-bond donors (Lipinski definition) is 2. The number of rotatable bonds is 4. The summed E-state index contributed by atoms with van der Waals surface area (Å²) in [7, 11) is 0. The number of aliphatic hydroxyl groups is 2. The van der Waals surface area contributed by atoms with E-state index in [-0.39, 0.29) is 73.6 Å². The number of aliphatic hydroxyl groups excluding tert-OH is 2. The lowest BCUT2D eigenvalue weighted by molar-refractivity contribution is -0.166. The predicted molar refractivity (Wildman–Crippen MR) is 84.7 cm³/mol. The van der Waals surface area contributed by atoms with Crippen molar-refractivity contribution in [3.8, 4) is 0 Å². The summed E-state index contributed by atoms with van der Waals surface area (Å²) in [5.41, 5.74) is 0. The SMILES string of the molecule is O=C1C2C3C=CC(C2C(=O)N1CCO)C1C2C(=O)N(CCO)C(=O)C2C31. The van der Waals surface area contributed by atoms with Crippen molar-refractivity contribution in [1.29, 1.82) is 0 Å². The molecule has 0 aromatic carbocycles. The molecule has 138 valence electrons. The molecule has 26 heavy (non-hydrogen) atoms. The molecule has 2 heterocycles. The van der Waals surface area contributed by atoms with Crippen LogP contribution in [-0.2, 0) is 19.2 Å². The Bertz CT molecular complexity index is 707. The number of β-amino-alcohol motifs (C(OH)–C–C–N with tert-alkyl or cyclic N) is 2. The van der Waals surface area contributed by atoms with Gasteiger partial charge in [0.1, 0.15) is 0 Å². The number of imide groups is 2. The Morgan fingerprint density at radius 2 is 1.00 bits per heavy atom. The van der Waals surface area contributed by atoms with E-state index in [0.717, 1.165) is 9.80 Å². The van der Waals surface area contributed by atoms with Gasteiger partial charge in [-0.1, -0.05) is 12.2 Å². The minimum absolute atomic E-state index is 0.00185. The fourth-order valence-corrected chi connectivity index (χ4v) is 6.37. The first-order valence-electron chi connectivity index (χ1n) is 9.13. The molecule has 0 aromatic rings. The third-order valence-corrected chi connectivity index (χ3v) is 7.17. The van der Waals surface area contributed by atoms with Crippen molar-refractivity contribution in [3.63, 3.8) is 0 Å². The van der Waals surface area contributed by atoms with Gasteiger partial charge >= 0.3 is 0 Å². The Balaban J connectivity index is 1.51. The van der Waals surface area contributed by atoms with E-state index in [9.17, 15) is 19.2 Å². The second-order valence-corrected chi connectivity index (χ2v) is 7.90. The highest BCUT2D eigenvalue weighted by molar-refractivity contribution is 6.09. The van der Waals surface area contributed by atoms with Crippen LogP contribution >= 0.6 is 0 Å². The van der Waals surface area contributed by atoms with Gasteiger partial charge < -0.3 is 10.2 Å². The molecular weight excluding hydrogens is 340 g/mol. The fraction of sp³-hybridized carbons (Fsp3) is 0.667. The van der Waals surface area contributed by atoms with Gasteiger partial charge in [-0.15, -0.1) is 0 Å². The highest BCUT2D eigenvalue weighted by Crippen LogP contribution is 2.68. The Kier molecular flexibility index (Phi) is 3.25. The number of amides is 4. The van der Waals surface area contributed by atoms with Crippen molar-refractivity contribution in [2.75, 3.05) is 26.3 Å². The average molecular weight is 360 g/mol. The first-order valence-corrected chi connectivity index (χ1v) is 9.13. The smallest absolute Gasteiger partial charge is 0.233 e. The van der Waals surface area contributed by atoms with E-state index in [1.165, 1.54) is 0 Å². The second-order valence-electron chi connectivity index (χ2n) is 7.90. The van der Waals surface area contributed by atoms with E-state index >= 15 is 0 Å². The van der Waals surface area contributed by atoms with Crippen molar-refractivity contribution in [1.82, 2.24) is 9.80 Å². The van der Waals surface area contributed by atoms with Crippen molar-refractivity contribution in [2.45, 2.75) is 0 Å². The van der Waals surface area contributed by atoms with Gasteiger partial charge in [-0.3, -0.25) is 29.0 Å². The Morgan fingerprint density at radius 1 is 0.654 bits per heavy atom. The van der Waals surface area contributed by atoms with Gasteiger partial charge in [0, 0.05) is 0 Å².